The van der Waals surface area contributed by atoms with Crippen molar-refractivity contribution in [3.63, 3.8) is 0 Å². The molecule has 0 aromatic carbocycles. The molecule has 1 aliphatic rings. The highest BCUT2D eigenvalue weighted by molar-refractivity contribution is 5.77. The lowest BCUT2D eigenvalue weighted by Gasteiger charge is -2.32. The number of rotatable bonds is 8. The molecule has 3 N–H and O–H groups in total. The molecule has 1 saturated carbocycles. The molecule has 5 nitrogen and oxygen atoms in total. The number of nitrogens with zero attached hydrogens (tertiary/aromatic N) is 1. The Balaban J connectivity index is 2.04. The SMILES string of the molecule is CN(C)CCOCCNC(=O)CC1(N)CCCCC1. The summed E-state index contributed by atoms with van der Waals surface area (Å²) in [7, 11) is 4.02. The maximum atomic E-state index is 11.8. The van der Waals surface area contributed by atoms with Crippen molar-refractivity contribution >= 4 is 5.91 Å². The summed E-state index contributed by atoms with van der Waals surface area (Å²) in [6, 6.07) is 0. The van der Waals surface area contributed by atoms with Gasteiger partial charge in [-0.05, 0) is 26.9 Å². The molecule has 0 aromatic heterocycles. The van der Waals surface area contributed by atoms with Crippen molar-refractivity contribution in [2.45, 2.75) is 44.1 Å². The Morgan fingerprint density at radius 1 is 1.26 bits per heavy atom. The van der Waals surface area contributed by atoms with Crippen molar-refractivity contribution < 1.29 is 9.53 Å². The number of hydrogen-bond acceptors (Lipinski definition) is 4. The zero-order chi connectivity index (χ0) is 14.1. The van der Waals surface area contributed by atoms with Crippen LogP contribution in [0.15, 0.2) is 0 Å². The zero-order valence-electron chi connectivity index (χ0n) is 12.4. The summed E-state index contributed by atoms with van der Waals surface area (Å²) < 4.78 is 5.42. The summed E-state index contributed by atoms with van der Waals surface area (Å²) in [5.74, 6) is 0.0561. The number of nitrogens with one attached hydrogen (secondary N) is 1. The summed E-state index contributed by atoms with van der Waals surface area (Å²) >= 11 is 0. The highest BCUT2D eigenvalue weighted by Crippen LogP contribution is 2.28. The van der Waals surface area contributed by atoms with E-state index in [9.17, 15) is 4.79 Å². The molecule has 19 heavy (non-hydrogen) atoms. The number of carbonyl (C=O) groups is 1. The molecule has 112 valence electrons. The van der Waals surface area contributed by atoms with Gasteiger partial charge >= 0.3 is 0 Å². The summed E-state index contributed by atoms with van der Waals surface area (Å²) in [6.07, 6.45) is 5.94. The first-order valence-electron chi connectivity index (χ1n) is 7.30. The minimum Gasteiger partial charge on any atom is -0.378 e. The van der Waals surface area contributed by atoms with E-state index in [0.29, 0.717) is 26.2 Å². The highest BCUT2D eigenvalue weighted by atomic mass is 16.5. The first-order chi connectivity index (χ1) is 9.02. The maximum absolute atomic E-state index is 11.8. The Hall–Kier alpha value is -0.650. The average Bonchev–Trinajstić information content (AvgIpc) is 2.33. The van der Waals surface area contributed by atoms with Crippen molar-refractivity contribution in [1.82, 2.24) is 10.2 Å². The van der Waals surface area contributed by atoms with Gasteiger partial charge in [-0.25, -0.2) is 0 Å². The van der Waals surface area contributed by atoms with Crippen molar-refractivity contribution in [2.24, 2.45) is 5.73 Å². The van der Waals surface area contributed by atoms with E-state index >= 15 is 0 Å². The third-order valence-corrected chi connectivity index (χ3v) is 3.61. The monoisotopic (exact) mass is 271 g/mol. The highest BCUT2D eigenvalue weighted by Gasteiger charge is 2.29. The van der Waals surface area contributed by atoms with Crippen molar-refractivity contribution in [1.29, 1.82) is 0 Å². The van der Waals surface area contributed by atoms with E-state index in [1.807, 2.05) is 14.1 Å². The van der Waals surface area contributed by atoms with Gasteiger partial charge in [0.05, 0.1) is 13.2 Å². The summed E-state index contributed by atoms with van der Waals surface area (Å²) in [5.41, 5.74) is 5.98. The van der Waals surface area contributed by atoms with Crippen LogP contribution in [0.4, 0.5) is 0 Å². The van der Waals surface area contributed by atoms with Crippen LogP contribution in [0.2, 0.25) is 0 Å². The maximum Gasteiger partial charge on any atom is 0.221 e. The van der Waals surface area contributed by atoms with E-state index in [1.165, 1.54) is 6.42 Å². The molecule has 1 aliphatic carbocycles. The quantitative estimate of drug-likeness (QED) is 0.639. The van der Waals surface area contributed by atoms with Crippen LogP contribution >= 0.6 is 0 Å². The van der Waals surface area contributed by atoms with E-state index in [-0.39, 0.29) is 11.4 Å². The summed E-state index contributed by atoms with van der Waals surface area (Å²) in [4.78, 5) is 13.9. The van der Waals surface area contributed by atoms with Gasteiger partial charge in [-0.15, -0.1) is 0 Å². The number of likely N-dealkylation sites (N-methyl/N-ethyl adjacent to an activating group) is 1. The molecule has 0 radical (unpaired) electrons. The third kappa shape index (κ3) is 7.50. The predicted molar refractivity (Wildman–Crippen MR) is 77.0 cm³/mol. The second-order valence-electron chi connectivity index (χ2n) is 5.87. The first kappa shape index (κ1) is 16.4. The number of hydrogen-bond donors (Lipinski definition) is 2. The van der Waals surface area contributed by atoms with Crippen LogP contribution in [0.5, 0.6) is 0 Å². The van der Waals surface area contributed by atoms with Crippen LogP contribution in [-0.4, -0.2) is 56.7 Å². The lowest BCUT2D eigenvalue weighted by molar-refractivity contribution is -0.122. The van der Waals surface area contributed by atoms with E-state index in [1.54, 1.807) is 0 Å². The lowest BCUT2D eigenvalue weighted by Crippen LogP contribution is -2.46. The molecule has 0 aliphatic heterocycles. The van der Waals surface area contributed by atoms with Crippen molar-refractivity contribution in [3.8, 4) is 0 Å². The van der Waals surface area contributed by atoms with Gasteiger partial charge in [-0.1, -0.05) is 19.3 Å². The smallest absolute Gasteiger partial charge is 0.221 e. The molecule has 0 spiro atoms. The predicted octanol–water partition coefficient (Wildman–Crippen LogP) is 0.733. The van der Waals surface area contributed by atoms with Crippen LogP contribution < -0.4 is 11.1 Å². The molecular formula is C14H29N3O2. The molecule has 5 heteroatoms. The number of carbonyl (C=O) groups excluding carboxylic acids is 1. The van der Waals surface area contributed by atoms with E-state index in [2.05, 4.69) is 10.2 Å². The minimum atomic E-state index is -0.270. The van der Waals surface area contributed by atoms with Crippen LogP contribution in [0.3, 0.4) is 0 Å². The molecule has 0 aromatic rings. The van der Waals surface area contributed by atoms with Gasteiger partial charge < -0.3 is 20.7 Å². The van der Waals surface area contributed by atoms with Gasteiger partial charge in [0.1, 0.15) is 0 Å². The molecule has 0 unspecified atom stereocenters. The van der Waals surface area contributed by atoms with Gasteiger partial charge in [0, 0.05) is 25.0 Å². The van der Waals surface area contributed by atoms with Crippen molar-refractivity contribution in [2.75, 3.05) is 40.4 Å². The van der Waals surface area contributed by atoms with E-state index in [4.69, 9.17) is 10.5 Å². The topological polar surface area (TPSA) is 67.6 Å². The fraction of sp³-hybridized carbons (Fsp3) is 0.929. The molecule has 0 bridgehead atoms. The van der Waals surface area contributed by atoms with Crippen LogP contribution in [0.25, 0.3) is 0 Å². The van der Waals surface area contributed by atoms with Crippen molar-refractivity contribution in [3.05, 3.63) is 0 Å². The summed E-state index contributed by atoms with van der Waals surface area (Å²) in [5, 5.41) is 2.89. The molecule has 1 rings (SSSR count). The second kappa shape index (κ2) is 8.51. The second-order valence-corrected chi connectivity index (χ2v) is 5.87. The molecule has 0 atom stereocenters. The Labute approximate surface area is 116 Å². The van der Waals surface area contributed by atoms with Crippen LogP contribution in [0.1, 0.15) is 38.5 Å². The lowest BCUT2D eigenvalue weighted by atomic mass is 9.80. The molecular weight excluding hydrogens is 242 g/mol. The molecule has 1 fully saturated rings. The Bertz CT molecular complexity index is 263. The molecule has 1 amide bonds. The van der Waals surface area contributed by atoms with Gasteiger partial charge in [0.2, 0.25) is 5.91 Å². The third-order valence-electron chi connectivity index (χ3n) is 3.61. The average molecular weight is 271 g/mol. The normalized spacial score (nSPS) is 18.5. The number of ether oxygens (including phenoxy) is 1. The minimum absolute atomic E-state index is 0.0561. The van der Waals surface area contributed by atoms with Gasteiger partial charge in [-0.2, -0.15) is 0 Å². The Kier molecular flexibility index (Phi) is 7.34. The van der Waals surface area contributed by atoms with Gasteiger partial charge in [0.25, 0.3) is 0 Å². The largest absolute Gasteiger partial charge is 0.378 e. The summed E-state index contributed by atoms with van der Waals surface area (Å²) in [6.45, 7) is 2.74. The van der Waals surface area contributed by atoms with Gasteiger partial charge in [-0.3, -0.25) is 4.79 Å². The fourth-order valence-electron chi connectivity index (χ4n) is 2.43. The zero-order valence-corrected chi connectivity index (χ0v) is 12.4. The van der Waals surface area contributed by atoms with Crippen LogP contribution in [0, 0.1) is 0 Å². The molecule has 0 saturated heterocycles. The Morgan fingerprint density at radius 3 is 2.58 bits per heavy atom. The number of nitrogens with two attached hydrogens (primary N) is 1. The number of amides is 1. The standard InChI is InChI=1S/C14H29N3O2/c1-17(2)9-11-19-10-8-16-13(18)12-14(15)6-4-3-5-7-14/h3-12,15H2,1-2H3,(H,16,18). The van der Waals surface area contributed by atoms with Gasteiger partial charge in [0.15, 0.2) is 0 Å². The van der Waals surface area contributed by atoms with Crippen LogP contribution in [-0.2, 0) is 9.53 Å². The fourth-order valence-corrected chi connectivity index (χ4v) is 2.43. The Morgan fingerprint density at radius 2 is 1.95 bits per heavy atom. The van der Waals surface area contributed by atoms with E-state index in [0.717, 1.165) is 32.2 Å². The first-order valence-corrected chi connectivity index (χ1v) is 7.30. The molecule has 0 heterocycles. The van der Waals surface area contributed by atoms with E-state index < -0.39 is 0 Å².